The summed E-state index contributed by atoms with van der Waals surface area (Å²) in [7, 11) is 1.25. The summed E-state index contributed by atoms with van der Waals surface area (Å²) < 4.78 is 7.28. The van der Waals surface area contributed by atoms with Crippen LogP contribution in [-0.2, 0) is 10.9 Å². The van der Waals surface area contributed by atoms with E-state index in [1.165, 1.54) is 34.0 Å². The summed E-state index contributed by atoms with van der Waals surface area (Å²) in [6.45, 7) is 0. The zero-order valence-electron chi connectivity index (χ0n) is 6.09. The summed E-state index contributed by atoms with van der Waals surface area (Å²) in [6.07, 6.45) is 5.26. The van der Waals surface area contributed by atoms with E-state index in [1.807, 2.05) is 10.8 Å². The van der Waals surface area contributed by atoms with Gasteiger partial charge in [-0.25, -0.2) is 12.1 Å². The van der Waals surface area contributed by atoms with Gasteiger partial charge in [0.15, 0.2) is 0 Å². The number of rotatable bonds is 0. The minimum atomic E-state index is 1.25. The molecular weight excluding hydrogens is 383 g/mol. The van der Waals surface area contributed by atoms with E-state index >= 15 is 0 Å². The first-order valence-electron chi connectivity index (χ1n) is 2.77. The van der Waals surface area contributed by atoms with Gasteiger partial charge in [0.1, 0.15) is 0 Å². The molecular formula is C6H4Br2N2NiS2. The Morgan fingerprint density at radius 3 is 1.46 bits per heavy atom. The molecule has 0 aliphatic rings. The molecule has 2 heterocycles. The number of nitrogens with zero attached hydrogens (tertiary/aromatic N) is 2. The maximum atomic E-state index is 3.64. The molecule has 0 unspecified atom stereocenters. The van der Waals surface area contributed by atoms with Crippen LogP contribution in [0.1, 0.15) is 0 Å². The van der Waals surface area contributed by atoms with E-state index in [0.717, 1.165) is 0 Å². The van der Waals surface area contributed by atoms with E-state index < -0.39 is 0 Å². The van der Waals surface area contributed by atoms with Crippen molar-refractivity contribution in [1.82, 2.24) is 8.75 Å². The third-order valence-corrected chi connectivity index (χ3v) is 1.55. The van der Waals surface area contributed by atoms with Crippen LogP contribution < -0.4 is 0 Å². The topological polar surface area (TPSA) is 25.8 Å². The normalized spacial score (nSPS) is 7.85. The van der Waals surface area contributed by atoms with Crippen LogP contribution in [0.25, 0.3) is 0 Å². The molecule has 0 saturated heterocycles. The molecule has 0 saturated carbocycles. The minimum absolute atomic E-state index is 1.25. The standard InChI is InChI=1S/2C3H2NS.2BrH.Ni/c2*1-2-4-5-3-1;;;/h2*1,3H;2*1H;/q2*-1;;;+4/p-2. The Kier molecular flexibility index (Phi) is 13.4. The van der Waals surface area contributed by atoms with Crippen LogP contribution in [0.5, 0.6) is 0 Å². The second-order valence-corrected chi connectivity index (χ2v) is 7.62. The Balaban J connectivity index is 0.000000174. The van der Waals surface area contributed by atoms with Gasteiger partial charge in [0, 0.05) is 0 Å². The van der Waals surface area contributed by atoms with Crippen molar-refractivity contribution in [1.29, 1.82) is 0 Å². The van der Waals surface area contributed by atoms with Gasteiger partial charge in [0.25, 0.3) is 0 Å². The van der Waals surface area contributed by atoms with Gasteiger partial charge in [-0.05, 0) is 0 Å². The van der Waals surface area contributed by atoms with E-state index in [0.29, 0.717) is 0 Å². The van der Waals surface area contributed by atoms with Crippen LogP contribution in [0.4, 0.5) is 0 Å². The van der Waals surface area contributed by atoms with Crippen molar-refractivity contribution < 1.29 is 10.9 Å². The van der Waals surface area contributed by atoms with Crippen molar-refractivity contribution in [2.24, 2.45) is 0 Å². The molecule has 2 nitrogen and oxygen atoms in total. The van der Waals surface area contributed by atoms with Gasteiger partial charge in [-0.1, -0.05) is 0 Å². The molecule has 0 fully saturated rings. The van der Waals surface area contributed by atoms with Crippen LogP contribution >= 0.6 is 51.5 Å². The third-order valence-electron chi connectivity index (χ3n) is 0.618. The average molecular weight is 387 g/mol. The summed E-state index contributed by atoms with van der Waals surface area (Å²) in [5, 5.41) is 3.75. The third kappa shape index (κ3) is 12.7. The van der Waals surface area contributed by atoms with Crippen LogP contribution in [0, 0.1) is 12.4 Å². The Hall–Kier alpha value is 0.714. The van der Waals surface area contributed by atoms with Gasteiger partial charge in [0.05, 0.1) is 0 Å². The van der Waals surface area contributed by atoms with E-state index in [2.05, 4.69) is 49.6 Å². The number of hydrogen-bond acceptors (Lipinski definition) is 4. The first-order chi connectivity index (χ1) is 6.41. The van der Waals surface area contributed by atoms with Crippen molar-refractivity contribution in [2.45, 2.75) is 0 Å². The minimum Gasteiger partial charge on any atom is -0.325 e. The zero-order chi connectivity index (χ0) is 9.78. The average Bonchev–Trinajstić information content (AvgIpc) is 2.85. The van der Waals surface area contributed by atoms with Crippen molar-refractivity contribution in [3.63, 3.8) is 0 Å². The van der Waals surface area contributed by atoms with Crippen LogP contribution in [0.15, 0.2) is 22.9 Å². The van der Waals surface area contributed by atoms with Gasteiger partial charge in [-0.15, -0.1) is 23.2 Å². The molecule has 0 aromatic carbocycles. The molecule has 0 N–H and O–H groups in total. The van der Waals surface area contributed by atoms with E-state index in [4.69, 9.17) is 0 Å². The maximum Gasteiger partial charge on any atom is -0.133 e. The SMILES string of the molecule is [Br][Ni+2][Br].[c-]1ccsn1.[c-]1ccsn1. The number of halogens is 2. The fourth-order valence-corrected chi connectivity index (χ4v) is 0.913. The fourth-order valence-electron chi connectivity index (χ4n) is 0.304. The van der Waals surface area contributed by atoms with Crippen molar-refractivity contribution >= 4 is 51.5 Å². The molecule has 2 rings (SSSR count). The molecule has 0 amide bonds. The van der Waals surface area contributed by atoms with Crippen LogP contribution in [0.2, 0.25) is 0 Å². The predicted molar refractivity (Wildman–Crippen MR) is 59.8 cm³/mol. The molecule has 7 heteroatoms. The van der Waals surface area contributed by atoms with E-state index in [-0.39, 0.29) is 0 Å². The quantitative estimate of drug-likeness (QED) is 0.511. The predicted octanol–water partition coefficient (Wildman–Crippen LogP) is 3.58. The molecule has 0 radical (unpaired) electrons. The van der Waals surface area contributed by atoms with Gasteiger partial charge >= 0.3 is 39.3 Å². The molecule has 0 bridgehead atoms. The molecule has 0 atom stereocenters. The Labute approximate surface area is 105 Å². The summed E-state index contributed by atoms with van der Waals surface area (Å²) in [6, 6.07) is 3.56. The van der Waals surface area contributed by atoms with Crippen LogP contribution in [-0.4, -0.2) is 8.75 Å². The number of aromatic nitrogens is 2. The second-order valence-electron chi connectivity index (χ2n) is 1.30. The monoisotopic (exact) mass is 384 g/mol. The van der Waals surface area contributed by atoms with Gasteiger partial charge < -0.3 is 8.75 Å². The molecule has 0 spiro atoms. The molecule has 2 aromatic rings. The smallest absolute Gasteiger partial charge is 0.133 e. The first-order valence-corrected chi connectivity index (χ1v) is 9.32. The maximum absolute atomic E-state index is 3.64. The largest absolute Gasteiger partial charge is 0.325 e. The summed E-state index contributed by atoms with van der Waals surface area (Å²) >= 11 is 8.81. The van der Waals surface area contributed by atoms with Crippen molar-refractivity contribution in [2.75, 3.05) is 0 Å². The van der Waals surface area contributed by atoms with Crippen LogP contribution in [0.3, 0.4) is 0 Å². The van der Waals surface area contributed by atoms with Gasteiger partial charge in [-0.2, -0.15) is 23.1 Å². The van der Waals surface area contributed by atoms with Gasteiger partial charge in [-0.3, -0.25) is 0 Å². The molecule has 2 aromatic heterocycles. The molecule has 13 heavy (non-hydrogen) atoms. The Morgan fingerprint density at radius 2 is 1.38 bits per heavy atom. The van der Waals surface area contributed by atoms with E-state index in [1.54, 1.807) is 12.1 Å². The molecule has 0 aliphatic carbocycles. The second kappa shape index (κ2) is 12.7. The van der Waals surface area contributed by atoms with Crippen molar-refractivity contribution in [3.8, 4) is 0 Å². The summed E-state index contributed by atoms with van der Waals surface area (Å²) in [4.78, 5) is 0. The number of hydrogen-bond donors (Lipinski definition) is 0. The summed E-state index contributed by atoms with van der Waals surface area (Å²) in [5.41, 5.74) is 0. The molecule has 74 valence electrons. The fraction of sp³-hybridized carbons (Fsp3) is 0. The van der Waals surface area contributed by atoms with Crippen molar-refractivity contribution in [3.05, 3.63) is 35.3 Å². The van der Waals surface area contributed by atoms with E-state index in [9.17, 15) is 0 Å². The Bertz CT molecular complexity index is 178. The zero-order valence-corrected chi connectivity index (χ0v) is 11.9. The first kappa shape index (κ1) is 13.7. The van der Waals surface area contributed by atoms with Gasteiger partial charge in [0.2, 0.25) is 0 Å². The molecule has 0 aliphatic heterocycles. The summed E-state index contributed by atoms with van der Waals surface area (Å²) in [5.74, 6) is 0. The Morgan fingerprint density at radius 1 is 1.00 bits per heavy atom.